The van der Waals surface area contributed by atoms with Gasteiger partial charge in [-0.3, -0.25) is 14.7 Å². The van der Waals surface area contributed by atoms with Crippen molar-refractivity contribution in [1.82, 2.24) is 14.7 Å². The maximum Gasteiger partial charge on any atom is 0.0240 e. The van der Waals surface area contributed by atoms with E-state index in [2.05, 4.69) is 279 Å². The Bertz CT molecular complexity index is 2410. The van der Waals surface area contributed by atoms with Crippen LogP contribution in [-0.4, -0.2) is 55.5 Å². The molecular formula is C63H75N3. The van der Waals surface area contributed by atoms with Gasteiger partial charge in [-0.15, -0.1) is 0 Å². The van der Waals surface area contributed by atoms with E-state index in [1.807, 2.05) is 18.2 Å². The maximum absolute atomic E-state index is 3.21. The topological polar surface area (TPSA) is 9.72 Å². The largest absolute Gasteiger partial charge is 0.298 e. The highest BCUT2D eigenvalue weighted by Gasteiger charge is 2.07. The molecule has 0 amide bonds. The number of benzene rings is 6. The van der Waals surface area contributed by atoms with Gasteiger partial charge in [-0.2, -0.15) is 0 Å². The molecule has 0 aromatic heterocycles. The summed E-state index contributed by atoms with van der Waals surface area (Å²) in [6.07, 6.45) is 12.3. The summed E-state index contributed by atoms with van der Waals surface area (Å²) in [6.45, 7) is 24.7. The average Bonchev–Trinajstić information content (AvgIpc) is 3.26. The van der Waals surface area contributed by atoms with Crippen LogP contribution in [0.15, 0.2) is 164 Å². The molecule has 0 atom stereocenters. The molecule has 0 unspecified atom stereocenters. The summed E-state index contributed by atoms with van der Waals surface area (Å²) < 4.78 is 0. The Labute approximate surface area is 400 Å². The minimum absolute atomic E-state index is 0.0686. The summed E-state index contributed by atoms with van der Waals surface area (Å²) in [4.78, 5) is 6.91. The number of fused-ring (bicyclic) bond motifs is 3. The Kier molecular flexibility index (Phi) is 20.8. The van der Waals surface area contributed by atoms with E-state index >= 15 is 0 Å². The fourth-order valence-electron chi connectivity index (χ4n) is 7.01. The second kappa shape index (κ2) is 26.1. The molecule has 0 aliphatic carbocycles. The monoisotopic (exact) mass is 874 g/mol. The first kappa shape index (κ1) is 52.5. The fourth-order valence-corrected chi connectivity index (χ4v) is 7.01. The van der Waals surface area contributed by atoms with E-state index in [1.165, 1.54) is 49.0 Å². The smallest absolute Gasteiger partial charge is 0.0240 e. The van der Waals surface area contributed by atoms with E-state index in [-0.39, 0.29) is 16.2 Å². The van der Waals surface area contributed by atoms with Crippen molar-refractivity contribution in [2.75, 3.05) is 40.8 Å². The molecule has 0 radical (unpaired) electrons. The predicted octanol–water partition coefficient (Wildman–Crippen LogP) is 14.6. The molecule has 0 fully saturated rings. The lowest BCUT2D eigenvalue weighted by Crippen LogP contribution is -2.17. The van der Waals surface area contributed by atoms with Crippen molar-refractivity contribution >= 4 is 32.3 Å². The van der Waals surface area contributed by atoms with Crippen LogP contribution in [0.1, 0.15) is 79.0 Å². The van der Waals surface area contributed by atoms with Crippen LogP contribution < -0.4 is 0 Å². The lowest BCUT2D eigenvalue weighted by atomic mass is 9.98. The van der Waals surface area contributed by atoms with Gasteiger partial charge in [0.05, 0.1) is 0 Å². The molecule has 0 N–H and O–H groups in total. The van der Waals surface area contributed by atoms with E-state index in [1.54, 1.807) is 0 Å². The standard InChI is InChI=1S/3C21H25N/c3*1-21(2,3)15-8-5-9-16-22(4)17-19-13-10-12-18-11-6-7-14-20(18)19/h3*5-7,9-14H,16-17H2,1-4H3/b3*9-5+. The molecule has 6 rings (SSSR count). The zero-order valence-corrected chi connectivity index (χ0v) is 42.2. The summed E-state index contributed by atoms with van der Waals surface area (Å²) >= 11 is 0. The lowest BCUT2D eigenvalue weighted by Gasteiger charge is -2.15. The molecule has 0 aliphatic rings. The van der Waals surface area contributed by atoms with E-state index < -0.39 is 0 Å². The molecule has 6 aromatic rings. The quantitative estimate of drug-likeness (QED) is 0.113. The van der Waals surface area contributed by atoms with Gasteiger partial charge in [-0.1, -0.05) is 181 Å². The van der Waals surface area contributed by atoms with E-state index in [0.29, 0.717) is 0 Å². The first-order chi connectivity index (χ1) is 31.4. The Hall–Kier alpha value is -6.12. The molecule has 0 spiro atoms. The normalized spacial score (nSPS) is 11.9. The first-order valence-electron chi connectivity index (χ1n) is 23.4. The molecule has 0 saturated heterocycles. The molecule has 342 valence electrons. The highest BCUT2D eigenvalue weighted by atomic mass is 15.1. The maximum atomic E-state index is 3.21. The third-order valence-corrected chi connectivity index (χ3v) is 10.2. The zero-order valence-electron chi connectivity index (χ0n) is 42.2. The number of hydrogen-bond acceptors (Lipinski definition) is 3. The van der Waals surface area contributed by atoms with Crippen molar-refractivity contribution in [3.63, 3.8) is 0 Å². The van der Waals surface area contributed by atoms with Crippen LogP contribution in [0, 0.1) is 51.8 Å². The van der Waals surface area contributed by atoms with Crippen molar-refractivity contribution in [1.29, 1.82) is 0 Å². The van der Waals surface area contributed by atoms with Gasteiger partial charge < -0.3 is 0 Å². The van der Waals surface area contributed by atoms with Crippen molar-refractivity contribution < 1.29 is 0 Å². The molecule has 66 heavy (non-hydrogen) atoms. The third-order valence-electron chi connectivity index (χ3n) is 10.2. The molecule has 0 bridgehead atoms. The first-order valence-corrected chi connectivity index (χ1v) is 23.4. The number of nitrogens with zero attached hydrogens (tertiary/aromatic N) is 3. The summed E-state index contributed by atoms with van der Waals surface area (Å²) in [7, 11) is 6.43. The minimum Gasteiger partial charge on any atom is -0.298 e. The van der Waals surface area contributed by atoms with Gasteiger partial charge in [-0.05, 0) is 151 Å². The highest BCUT2D eigenvalue weighted by Crippen LogP contribution is 2.22. The van der Waals surface area contributed by atoms with Crippen LogP contribution in [0.2, 0.25) is 0 Å². The van der Waals surface area contributed by atoms with Gasteiger partial charge >= 0.3 is 0 Å². The van der Waals surface area contributed by atoms with Gasteiger partial charge in [0.25, 0.3) is 0 Å². The van der Waals surface area contributed by atoms with Gasteiger partial charge in [0.1, 0.15) is 0 Å². The molecule has 3 heteroatoms. The SMILES string of the molecule is CN(C/C=C/C#CC(C)(C)C)Cc1cccc2ccccc12.CN(C/C=C/C#CC(C)(C)C)Cc1cccc2ccccc12.CN(C/C=C/C#CC(C)(C)C)Cc1cccc2ccccc12. The van der Waals surface area contributed by atoms with Crippen molar-refractivity contribution in [2.24, 2.45) is 16.2 Å². The van der Waals surface area contributed by atoms with E-state index in [9.17, 15) is 0 Å². The number of hydrogen-bond donors (Lipinski definition) is 0. The molecule has 3 nitrogen and oxygen atoms in total. The van der Waals surface area contributed by atoms with Crippen LogP contribution in [-0.2, 0) is 19.6 Å². The second-order valence-corrected chi connectivity index (χ2v) is 20.3. The third kappa shape index (κ3) is 20.4. The molecular weight excluding hydrogens is 799 g/mol. The Morgan fingerprint density at radius 2 is 0.591 bits per heavy atom. The highest BCUT2D eigenvalue weighted by molar-refractivity contribution is 5.87. The van der Waals surface area contributed by atoms with Gasteiger partial charge in [0, 0.05) is 55.5 Å². The molecule has 6 aromatic carbocycles. The average molecular weight is 874 g/mol. The molecule has 0 heterocycles. The Morgan fingerprint density at radius 3 is 0.848 bits per heavy atom. The fraction of sp³-hybridized carbons (Fsp3) is 0.333. The van der Waals surface area contributed by atoms with Crippen molar-refractivity contribution in [2.45, 2.75) is 81.9 Å². The zero-order chi connectivity index (χ0) is 48.0. The second-order valence-electron chi connectivity index (χ2n) is 20.3. The number of likely N-dealkylation sites (N-methyl/N-ethyl adjacent to an activating group) is 3. The Morgan fingerprint density at radius 1 is 0.348 bits per heavy atom. The molecule has 0 aliphatic heterocycles. The van der Waals surface area contributed by atoms with Gasteiger partial charge in [0.15, 0.2) is 0 Å². The summed E-state index contributed by atoms with van der Waals surface area (Å²) in [5.74, 6) is 19.0. The molecule has 0 saturated carbocycles. The van der Waals surface area contributed by atoms with Gasteiger partial charge in [0.2, 0.25) is 0 Å². The number of allylic oxidation sites excluding steroid dienone is 3. The van der Waals surface area contributed by atoms with Crippen LogP contribution in [0.4, 0.5) is 0 Å². The summed E-state index contributed by atoms with van der Waals surface area (Å²) in [6, 6.07) is 45.2. The van der Waals surface area contributed by atoms with Crippen LogP contribution >= 0.6 is 0 Å². The van der Waals surface area contributed by atoms with Crippen molar-refractivity contribution in [3.8, 4) is 35.5 Å². The minimum atomic E-state index is 0.0686. The van der Waals surface area contributed by atoms with Crippen molar-refractivity contribution in [3.05, 3.63) is 181 Å². The predicted molar refractivity (Wildman–Crippen MR) is 290 cm³/mol. The van der Waals surface area contributed by atoms with Crippen LogP contribution in [0.5, 0.6) is 0 Å². The van der Waals surface area contributed by atoms with Crippen LogP contribution in [0.25, 0.3) is 32.3 Å². The number of rotatable bonds is 12. The Balaban J connectivity index is 0.000000216. The van der Waals surface area contributed by atoms with E-state index in [4.69, 9.17) is 0 Å². The van der Waals surface area contributed by atoms with Gasteiger partial charge in [-0.25, -0.2) is 0 Å². The summed E-state index contributed by atoms with van der Waals surface area (Å²) in [5, 5.41) is 7.94. The van der Waals surface area contributed by atoms with E-state index in [0.717, 1.165) is 39.3 Å². The van der Waals surface area contributed by atoms with Crippen LogP contribution in [0.3, 0.4) is 0 Å². The summed E-state index contributed by atoms with van der Waals surface area (Å²) in [5.41, 5.74) is 4.32. The lowest BCUT2D eigenvalue weighted by molar-refractivity contribution is 0.365.